The second-order valence-corrected chi connectivity index (χ2v) is 13.4. The normalized spacial score (nSPS) is 22.5. The fraction of sp³-hybridized carbons (Fsp3) is 0.414. The predicted octanol–water partition coefficient (Wildman–Crippen LogP) is 5.83. The van der Waals surface area contributed by atoms with Crippen molar-refractivity contribution < 1.29 is 31.9 Å². The quantitative estimate of drug-likeness (QED) is 0.286. The number of anilines is 1. The number of rotatable bonds is 6. The number of nitriles is 1. The maximum Gasteiger partial charge on any atom is 0.287 e. The van der Waals surface area contributed by atoms with Gasteiger partial charge in [0, 0.05) is 24.8 Å². The summed E-state index contributed by atoms with van der Waals surface area (Å²) in [5, 5.41) is 15.4. The van der Waals surface area contributed by atoms with Crippen molar-refractivity contribution in [2.75, 3.05) is 16.6 Å². The predicted molar refractivity (Wildman–Crippen MR) is 151 cm³/mol. The topological polar surface area (TPSA) is 139 Å². The fourth-order valence-electron chi connectivity index (χ4n) is 5.56. The summed E-state index contributed by atoms with van der Waals surface area (Å²) < 4.78 is 56.0. The van der Waals surface area contributed by atoms with Gasteiger partial charge in [0.15, 0.2) is 5.76 Å². The molecule has 2 amide bonds. The molecular formula is C29H30F2N4O5S. The second-order valence-electron chi connectivity index (χ2n) is 11.2. The van der Waals surface area contributed by atoms with Gasteiger partial charge in [0.05, 0.1) is 17.5 Å². The standard InChI is InChI=1S/C29H30F2N4O5S/c30-29(31)12-10-28(11-13-29,26(37)34-27(18-32)8-9-27)33-25(36)24-17-21-3-2-20(16-23(21)40-24)19-4-6-22(7-5-19)35-14-1-15-41(35,38)39/h2-7,16-17,38-39H,1,8-15H2,(H,33,36)(H,34,37). The molecule has 0 unspecified atom stereocenters. The van der Waals surface area contributed by atoms with Gasteiger partial charge in [-0.3, -0.25) is 23.0 Å². The highest BCUT2D eigenvalue weighted by Crippen LogP contribution is 2.51. The summed E-state index contributed by atoms with van der Waals surface area (Å²) in [7, 11) is -2.78. The number of nitrogens with one attached hydrogen (secondary N) is 2. The molecule has 2 saturated carbocycles. The van der Waals surface area contributed by atoms with Crippen molar-refractivity contribution in [3.8, 4) is 17.2 Å². The summed E-state index contributed by atoms with van der Waals surface area (Å²) in [6.45, 7) is 0.579. The molecule has 0 radical (unpaired) electrons. The second kappa shape index (κ2) is 9.72. The number of halogens is 2. The summed E-state index contributed by atoms with van der Waals surface area (Å²) in [6.07, 6.45) is 0.0462. The molecule has 1 aromatic heterocycles. The Morgan fingerprint density at radius 3 is 2.24 bits per heavy atom. The van der Waals surface area contributed by atoms with E-state index in [2.05, 4.69) is 16.7 Å². The van der Waals surface area contributed by atoms with Crippen LogP contribution in [0.4, 0.5) is 14.5 Å². The van der Waals surface area contributed by atoms with E-state index in [1.54, 1.807) is 16.4 Å². The number of fused-ring (bicyclic) bond motifs is 1. The first kappa shape index (κ1) is 27.5. The number of carbonyl (C=O) groups is 2. The Morgan fingerprint density at radius 2 is 1.63 bits per heavy atom. The molecule has 41 heavy (non-hydrogen) atoms. The molecule has 6 rings (SSSR count). The maximum atomic E-state index is 14.0. The molecule has 2 aromatic carbocycles. The van der Waals surface area contributed by atoms with Gasteiger partial charge in [-0.2, -0.15) is 5.26 Å². The van der Waals surface area contributed by atoms with E-state index >= 15 is 0 Å². The average molecular weight is 585 g/mol. The Hall–Kier alpha value is -3.66. The number of carbonyl (C=O) groups excluding carboxylic acids is 2. The van der Waals surface area contributed by atoms with Crippen LogP contribution in [0.25, 0.3) is 22.1 Å². The van der Waals surface area contributed by atoms with Crippen LogP contribution in [0.3, 0.4) is 0 Å². The third-order valence-electron chi connectivity index (χ3n) is 8.30. The van der Waals surface area contributed by atoms with Crippen molar-refractivity contribution in [2.45, 2.75) is 61.9 Å². The largest absolute Gasteiger partial charge is 0.451 e. The van der Waals surface area contributed by atoms with Gasteiger partial charge >= 0.3 is 0 Å². The van der Waals surface area contributed by atoms with Crippen molar-refractivity contribution in [1.82, 2.24) is 10.6 Å². The Morgan fingerprint density at radius 1 is 0.951 bits per heavy atom. The van der Waals surface area contributed by atoms with Crippen molar-refractivity contribution >= 4 is 39.2 Å². The van der Waals surface area contributed by atoms with Crippen LogP contribution in [0, 0.1) is 11.3 Å². The first-order valence-electron chi connectivity index (χ1n) is 13.6. The molecular weight excluding hydrogens is 554 g/mol. The molecule has 4 N–H and O–H groups in total. The number of hydrogen-bond acceptors (Lipinski definition) is 7. The summed E-state index contributed by atoms with van der Waals surface area (Å²) >= 11 is 0. The maximum absolute atomic E-state index is 14.0. The van der Waals surface area contributed by atoms with Crippen LogP contribution in [0.5, 0.6) is 0 Å². The Bertz CT molecular complexity index is 1550. The molecule has 0 bridgehead atoms. The summed E-state index contributed by atoms with van der Waals surface area (Å²) in [5.41, 5.74) is 0.256. The first-order chi connectivity index (χ1) is 19.4. The van der Waals surface area contributed by atoms with Crippen LogP contribution in [-0.4, -0.2) is 50.2 Å². The van der Waals surface area contributed by atoms with Crippen molar-refractivity contribution in [3.05, 3.63) is 54.3 Å². The minimum atomic E-state index is -2.93. The molecule has 0 atom stereocenters. The van der Waals surface area contributed by atoms with Gasteiger partial charge in [-0.15, -0.1) is 10.8 Å². The van der Waals surface area contributed by atoms with E-state index < -0.39 is 52.4 Å². The summed E-state index contributed by atoms with van der Waals surface area (Å²) in [5.74, 6) is -3.95. The van der Waals surface area contributed by atoms with E-state index in [1.807, 2.05) is 30.3 Å². The van der Waals surface area contributed by atoms with Gasteiger partial charge in [0.1, 0.15) is 16.7 Å². The van der Waals surface area contributed by atoms with Crippen LogP contribution in [0.15, 0.2) is 52.9 Å². The number of alkyl halides is 2. The van der Waals surface area contributed by atoms with Gasteiger partial charge in [-0.1, -0.05) is 24.3 Å². The molecule has 9 nitrogen and oxygen atoms in total. The number of nitrogens with zero attached hydrogens (tertiary/aromatic N) is 2. The van der Waals surface area contributed by atoms with E-state index in [-0.39, 0.29) is 18.6 Å². The number of hydrogen-bond donors (Lipinski definition) is 4. The minimum absolute atomic E-state index is 0.0577. The lowest BCUT2D eigenvalue weighted by Gasteiger charge is -2.39. The lowest BCUT2D eigenvalue weighted by molar-refractivity contribution is -0.133. The molecule has 2 aliphatic carbocycles. The average Bonchev–Trinajstić information content (AvgIpc) is 3.43. The molecule has 0 spiro atoms. The zero-order valence-corrected chi connectivity index (χ0v) is 23.0. The zero-order chi connectivity index (χ0) is 29.0. The lowest BCUT2D eigenvalue weighted by Crippen LogP contribution is -2.62. The van der Waals surface area contributed by atoms with Gasteiger partial charge in [0.2, 0.25) is 11.8 Å². The van der Waals surface area contributed by atoms with Crippen molar-refractivity contribution in [1.29, 1.82) is 5.26 Å². The third-order valence-corrected chi connectivity index (χ3v) is 10.2. The fourth-order valence-corrected chi connectivity index (χ4v) is 7.17. The minimum Gasteiger partial charge on any atom is -0.451 e. The van der Waals surface area contributed by atoms with Crippen LogP contribution in [0.1, 0.15) is 55.5 Å². The van der Waals surface area contributed by atoms with Crippen LogP contribution in [-0.2, 0) is 4.79 Å². The third kappa shape index (κ3) is 5.25. The SMILES string of the molecule is N#CC1(NC(=O)C2(NC(=O)c3cc4ccc(-c5ccc(N6CCCS6(O)O)cc5)cc4o3)CCC(F)(F)CC2)CC1. The lowest BCUT2D eigenvalue weighted by atomic mass is 9.78. The van der Waals surface area contributed by atoms with E-state index in [4.69, 9.17) is 4.42 Å². The van der Waals surface area contributed by atoms with Crippen molar-refractivity contribution in [2.24, 2.45) is 0 Å². The summed E-state index contributed by atoms with van der Waals surface area (Å²) in [4.78, 5) is 26.5. The molecule has 1 aliphatic heterocycles. The highest BCUT2D eigenvalue weighted by molar-refractivity contribution is 8.25. The van der Waals surface area contributed by atoms with Crippen molar-refractivity contribution in [3.63, 3.8) is 0 Å². The molecule has 12 heteroatoms. The van der Waals surface area contributed by atoms with Gasteiger partial charge in [0.25, 0.3) is 5.91 Å². The van der Waals surface area contributed by atoms with Gasteiger partial charge < -0.3 is 15.1 Å². The van der Waals surface area contributed by atoms with E-state index in [0.29, 0.717) is 42.5 Å². The highest BCUT2D eigenvalue weighted by atomic mass is 32.3. The number of benzene rings is 2. The first-order valence-corrected chi connectivity index (χ1v) is 15.2. The van der Waals surface area contributed by atoms with Crippen LogP contribution in [0.2, 0.25) is 0 Å². The molecule has 2 heterocycles. The number of amides is 2. The van der Waals surface area contributed by atoms with Gasteiger partial charge in [-0.05, 0) is 67.5 Å². The highest BCUT2D eigenvalue weighted by Gasteiger charge is 2.53. The summed E-state index contributed by atoms with van der Waals surface area (Å²) in [6, 6.07) is 16.4. The number of furan rings is 1. The molecule has 3 aromatic rings. The van der Waals surface area contributed by atoms with Crippen LogP contribution >= 0.6 is 10.8 Å². The molecule has 216 valence electrons. The smallest absolute Gasteiger partial charge is 0.287 e. The molecule has 3 aliphatic rings. The van der Waals surface area contributed by atoms with E-state index in [0.717, 1.165) is 16.8 Å². The van der Waals surface area contributed by atoms with E-state index in [9.17, 15) is 32.7 Å². The molecule has 3 fully saturated rings. The van der Waals surface area contributed by atoms with Crippen LogP contribution < -0.4 is 14.9 Å². The zero-order valence-electron chi connectivity index (χ0n) is 22.2. The van der Waals surface area contributed by atoms with Gasteiger partial charge in [-0.25, -0.2) is 8.78 Å². The molecule has 1 saturated heterocycles. The Kier molecular flexibility index (Phi) is 6.52. The Balaban J connectivity index is 1.22. The Labute approximate surface area is 237 Å². The monoisotopic (exact) mass is 584 g/mol. The van der Waals surface area contributed by atoms with E-state index in [1.165, 1.54) is 6.07 Å².